The molecule has 0 aromatic heterocycles. The Bertz CT molecular complexity index is 544. The van der Waals surface area contributed by atoms with E-state index in [9.17, 15) is 9.59 Å². The topological polar surface area (TPSA) is 61.9 Å². The molecule has 1 rings (SSSR count). The molecule has 0 atom stereocenters. The summed E-state index contributed by atoms with van der Waals surface area (Å²) < 4.78 is 5.25. The van der Waals surface area contributed by atoms with Crippen molar-refractivity contribution in [1.29, 1.82) is 0 Å². The van der Waals surface area contributed by atoms with Gasteiger partial charge in [-0.1, -0.05) is 6.07 Å². The van der Waals surface area contributed by atoms with Crippen LogP contribution >= 0.6 is 0 Å². The lowest BCUT2D eigenvalue weighted by Crippen LogP contribution is -2.37. The molecule has 0 spiro atoms. The van der Waals surface area contributed by atoms with Crippen LogP contribution in [-0.4, -0.2) is 62.5 Å². The van der Waals surface area contributed by atoms with E-state index < -0.39 is 0 Å². The summed E-state index contributed by atoms with van der Waals surface area (Å²) in [6.45, 7) is 5.27. The van der Waals surface area contributed by atoms with E-state index in [1.807, 2.05) is 44.1 Å². The molecule has 1 aromatic rings. The van der Waals surface area contributed by atoms with Gasteiger partial charge in [0, 0.05) is 33.0 Å². The normalized spacial score (nSPS) is 10.5. The van der Waals surface area contributed by atoms with E-state index in [0.29, 0.717) is 24.5 Å². The Morgan fingerprint density at radius 2 is 1.87 bits per heavy atom. The molecule has 1 aromatic carbocycles. The molecule has 0 saturated heterocycles. The number of hydrogen-bond donors (Lipinski definition) is 1. The largest absolute Gasteiger partial charge is 0.495 e. The van der Waals surface area contributed by atoms with Gasteiger partial charge in [0.1, 0.15) is 5.75 Å². The standard InChI is InChI=1S/C17H27N3O3/c1-13-6-7-16(23-5)15(12-13)18-17(22)8-9-20(14(2)21)11-10-19(3)4/h6-7,12H,8-11H2,1-5H3,(H,18,22). The van der Waals surface area contributed by atoms with Crippen LogP contribution < -0.4 is 10.1 Å². The minimum atomic E-state index is -0.134. The predicted molar refractivity (Wildman–Crippen MR) is 91.8 cm³/mol. The Morgan fingerprint density at radius 1 is 1.17 bits per heavy atom. The number of benzene rings is 1. The Balaban J connectivity index is 2.58. The number of amides is 2. The number of nitrogens with zero attached hydrogens (tertiary/aromatic N) is 2. The zero-order chi connectivity index (χ0) is 17.4. The zero-order valence-electron chi connectivity index (χ0n) is 14.7. The number of carbonyl (C=O) groups is 2. The average Bonchev–Trinajstić information content (AvgIpc) is 2.46. The van der Waals surface area contributed by atoms with Gasteiger partial charge in [0.25, 0.3) is 0 Å². The lowest BCUT2D eigenvalue weighted by atomic mass is 10.2. The first kappa shape index (κ1) is 19.0. The van der Waals surface area contributed by atoms with E-state index in [1.54, 1.807) is 12.0 Å². The maximum Gasteiger partial charge on any atom is 0.226 e. The average molecular weight is 321 g/mol. The summed E-state index contributed by atoms with van der Waals surface area (Å²) in [6, 6.07) is 5.61. The molecule has 0 bridgehead atoms. The summed E-state index contributed by atoms with van der Waals surface area (Å²) in [6.07, 6.45) is 0.254. The Morgan fingerprint density at radius 3 is 2.43 bits per heavy atom. The minimum Gasteiger partial charge on any atom is -0.495 e. The van der Waals surface area contributed by atoms with E-state index in [4.69, 9.17) is 4.74 Å². The molecule has 128 valence electrons. The molecule has 0 radical (unpaired) electrons. The van der Waals surface area contributed by atoms with Gasteiger partial charge in [0.05, 0.1) is 12.8 Å². The molecular formula is C17H27N3O3. The van der Waals surface area contributed by atoms with E-state index in [-0.39, 0.29) is 18.2 Å². The molecule has 0 unspecified atom stereocenters. The number of likely N-dealkylation sites (N-methyl/N-ethyl adjacent to an activating group) is 1. The van der Waals surface area contributed by atoms with Crippen molar-refractivity contribution in [1.82, 2.24) is 9.80 Å². The molecule has 6 heteroatoms. The van der Waals surface area contributed by atoms with Gasteiger partial charge in [-0.2, -0.15) is 0 Å². The molecule has 6 nitrogen and oxygen atoms in total. The highest BCUT2D eigenvalue weighted by Gasteiger charge is 2.13. The molecule has 0 saturated carbocycles. The number of anilines is 1. The molecule has 1 N–H and O–H groups in total. The van der Waals surface area contributed by atoms with Crippen LogP contribution in [0.3, 0.4) is 0 Å². The van der Waals surface area contributed by atoms with Crippen LogP contribution in [0, 0.1) is 6.92 Å². The number of nitrogens with one attached hydrogen (secondary N) is 1. The van der Waals surface area contributed by atoms with E-state index >= 15 is 0 Å². The zero-order valence-corrected chi connectivity index (χ0v) is 14.7. The number of methoxy groups -OCH3 is 1. The van der Waals surface area contributed by atoms with Crippen molar-refractivity contribution in [3.8, 4) is 5.75 Å². The third kappa shape index (κ3) is 6.69. The fourth-order valence-corrected chi connectivity index (χ4v) is 2.12. The second kappa shape index (κ2) is 9.15. The highest BCUT2D eigenvalue weighted by atomic mass is 16.5. The number of rotatable bonds is 8. The second-order valence-corrected chi connectivity index (χ2v) is 5.81. The van der Waals surface area contributed by atoms with E-state index in [1.165, 1.54) is 6.92 Å². The third-order valence-electron chi connectivity index (χ3n) is 3.50. The number of aryl methyl sites for hydroxylation is 1. The predicted octanol–water partition coefficient (Wildman–Crippen LogP) is 1.74. The van der Waals surface area contributed by atoms with Gasteiger partial charge in [0.2, 0.25) is 11.8 Å². The molecule has 2 amide bonds. The number of carbonyl (C=O) groups excluding carboxylic acids is 2. The highest BCUT2D eigenvalue weighted by Crippen LogP contribution is 2.25. The van der Waals surface area contributed by atoms with Crippen molar-refractivity contribution < 1.29 is 14.3 Å². The first-order valence-corrected chi connectivity index (χ1v) is 7.68. The van der Waals surface area contributed by atoms with Gasteiger partial charge in [-0.25, -0.2) is 0 Å². The van der Waals surface area contributed by atoms with Crippen molar-refractivity contribution in [2.75, 3.05) is 46.2 Å². The molecule has 0 aliphatic rings. The first-order valence-electron chi connectivity index (χ1n) is 7.68. The number of hydrogen-bond acceptors (Lipinski definition) is 4. The quantitative estimate of drug-likeness (QED) is 0.792. The van der Waals surface area contributed by atoms with Gasteiger partial charge in [-0.3, -0.25) is 9.59 Å². The number of ether oxygens (including phenoxy) is 1. The third-order valence-corrected chi connectivity index (χ3v) is 3.50. The van der Waals surface area contributed by atoms with Crippen molar-refractivity contribution in [3.63, 3.8) is 0 Å². The second-order valence-electron chi connectivity index (χ2n) is 5.81. The Hall–Kier alpha value is -2.08. The van der Waals surface area contributed by atoms with Crippen LogP contribution in [0.15, 0.2) is 18.2 Å². The van der Waals surface area contributed by atoms with Crippen LogP contribution in [0.5, 0.6) is 5.75 Å². The van der Waals surface area contributed by atoms with Crippen LogP contribution in [0.2, 0.25) is 0 Å². The SMILES string of the molecule is COc1ccc(C)cc1NC(=O)CCN(CCN(C)C)C(C)=O. The molecule has 0 aliphatic heterocycles. The highest BCUT2D eigenvalue weighted by molar-refractivity contribution is 5.92. The first-order chi connectivity index (χ1) is 10.8. The lowest BCUT2D eigenvalue weighted by molar-refractivity contribution is -0.129. The van der Waals surface area contributed by atoms with Crippen LogP contribution in [0.25, 0.3) is 0 Å². The molecule has 23 heavy (non-hydrogen) atoms. The Kier molecular flexibility index (Phi) is 7.54. The summed E-state index contributed by atoms with van der Waals surface area (Å²) in [7, 11) is 5.48. The lowest BCUT2D eigenvalue weighted by Gasteiger charge is -2.22. The van der Waals surface area contributed by atoms with Crippen LogP contribution in [0.1, 0.15) is 18.9 Å². The van der Waals surface area contributed by atoms with Gasteiger partial charge in [-0.05, 0) is 38.7 Å². The van der Waals surface area contributed by atoms with Gasteiger partial charge >= 0.3 is 0 Å². The van der Waals surface area contributed by atoms with Crippen molar-refractivity contribution in [2.24, 2.45) is 0 Å². The van der Waals surface area contributed by atoms with Crippen LogP contribution in [-0.2, 0) is 9.59 Å². The summed E-state index contributed by atoms with van der Waals surface area (Å²) in [5, 5.41) is 2.85. The Labute approximate surface area is 138 Å². The fourth-order valence-electron chi connectivity index (χ4n) is 2.12. The van der Waals surface area contributed by atoms with Gasteiger partial charge < -0.3 is 19.9 Å². The molecule has 0 aliphatic carbocycles. The van der Waals surface area contributed by atoms with Gasteiger partial charge in [-0.15, -0.1) is 0 Å². The summed E-state index contributed by atoms with van der Waals surface area (Å²) in [5.41, 5.74) is 1.69. The maximum atomic E-state index is 12.1. The smallest absolute Gasteiger partial charge is 0.226 e. The van der Waals surface area contributed by atoms with Gasteiger partial charge in [0.15, 0.2) is 0 Å². The van der Waals surface area contributed by atoms with Crippen molar-refractivity contribution in [2.45, 2.75) is 20.3 Å². The molecule has 0 heterocycles. The summed E-state index contributed by atoms with van der Waals surface area (Å²) in [4.78, 5) is 27.5. The summed E-state index contributed by atoms with van der Waals surface area (Å²) >= 11 is 0. The maximum absolute atomic E-state index is 12.1. The monoisotopic (exact) mass is 321 g/mol. The summed E-state index contributed by atoms with van der Waals surface area (Å²) in [5.74, 6) is 0.470. The minimum absolute atomic E-state index is 0.0206. The van der Waals surface area contributed by atoms with Crippen LogP contribution in [0.4, 0.5) is 5.69 Å². The molecular weight excluding hydrogens is 294 g/mol. The van der Waals surface area contributed by atoms with E-state index in [2.05, 4.69) is 5.32 Å². The van der Waals surface area contributed by atoms with E-state index in [0.717, 1.165) is 12.1 Å². The molecule has 0 fully saturated rings. The van der Waals surface area contributed by atoms with Crippen molar-refractivity contribution in [3.05, 3.63) is 23.8 Å². The fraction of sp³-hybridized carbons (Fsp3) is 0.529. The van der Waals surface area contributed by atoms with Crippen molar-refractivity contribution >= 4 is 17.5 Å².